The average molecular weight is 907 g/mol. The van der Waals surface area contributed by atoms with Crippen molar-refractivity contribution in [1.29, 1.82) is 0 Å². The number of carbonyl (C=O) groups is 2. The van der Waals surface area contributed by atoms with Gasteiger partial charge in [-0.1, -0.05) is 189 Å². The van der Waals surface area contributed by atoms with Crippen LogP contribution in [-0.4, -0.2) is 65.7 Å². The summed E-state index contributed by atoms with van der Waals surface area (Å²) >= 11 is 0. The molecule has 3 atom stereocenters. The Morgan fingerprint density at radius 3 is 1.35 bits per heavy atom. The Labute approximate surface area is 384 Å². The van der Waals surface area contributed by atoms with Gasteiger partial charge in [0.05, 0.1) is 19.8 Å². The first-order valence-corrected chi connectivity index (χ1v) is 26.4. The van der Waals surface area contributed by atoms with Gasteiger partial charge in [-0.05, 0) is 77.0 Å². The molecule has 0 amide bonds. The molecule has 364 valence electrons. The minimum Gasteiger partial charge on any atom is -0.462 e. The molecule has 0 aliphatic rings. The maximum absolute atomic E-state index is 12.7. The van der Waals surface area contributed by atoms with Crippen molar-refractivity contribution < 1.29 is 47.8 Å². The minimum absolute atomic E-state index is 0.116. The highest BCUT2D eigenvalue weighted by atomic mass is 31.2. The summed E-state index contributed by atoms with van der Waals surface area (Å²) in [5.41, 5.74) is 0. The number of hydrogen-bond donors (Lipinski definition) is 3. The molecule has 0 spiro atoms. The molecular weight excluding hydrogens is 816 g/mol. The second-order valence-electron chi connectivity index (χ2n) is 16.5. The molecule has 0 bridgehead atoms. The van der Waals surface area contributed by atoms with E-state index in [9.17, 15) is 24.2 Å². The third-order valence-corrected chi connectivity index (χ3v) is 11.3. The Kier molecular flexibility index (Phi) is 45.4. The molecule has 0 radical (unpaired) electrons. The number of phosphoric acid groups is 1. The average Bonchev–Trinajstić information content (AvgIpc) is 3.27. The van der Waals surface area contributed by atoms with Crippen molar-refractivity contribution in [2.24, 2.45) is 0 Å². The van der Waals surface area contributed by atoms with Crippen molar-refractivity contribution in [3.05, 3.63) is 72.9 Å². The number of unbranched alkanes of at least 4 members (excludes halogenated alkanes) is 20. The van der Waals surface area contributed by atoms with Gasteiger partial charge in [0, 0.05) is 12.8 Å². The van der Waals surface area contributed by atoms with E-state index in [2.05, 4.69) is 74.6 Å². The molecule has 10 nitrogen and oxygen atoms in total. The van der Waals surface area contributed by atoms with Crippen LogP contribution < -0.4 is 0 Å². The molecule has 3 N–H and O–H groups in total. The summed E-state index contributed by atoms with van der Waals surface area (Å²) in [5, 5.41) is 18.4. The van der Waals surface area contributed by atoms with E-state index in [-0.39, 0.29) is 19.4 Å². The van der Waals surface area contributed by atoms with Crippen LogP contribution in [0.3, 0.4) is 0 Å². The predicted octanol–water partition coefficient (Wildman–Crippen LogP) is 14.0. The van der Waals surface area contributed by atoms with Gasteiger partial charge in [0.15, 0.2) is 6.10 Å². The molecule has 0 aliphatic carbocycles. The zero-order valence-corrected chi connectivity index (χ0v) is 40.7. The van der Waals surface area contributed by atoms with Crippen LogP contribution in [0.4, 0.5) is 0 Å². The lowest BCUT2D eigenvalue weighted by molar-refractivity contribution is -0.161. The Bertz CT molecular complexity index is 1270. The molecule has 0 aromatic rings. The maximum Gasteiger partial charge on any atom is 0.472 e. The second kappa shape index (κ2) is 47.4. The number of carbonyl (C=O) groups excluding carboxylic acids is 2. The quantitative estimate of drug-likeness (QED) is 0.0233. The first-order chi connectivity index (χ1) is 30.7. The molecule has 0 aromatic carbocycles. The van der Waals surface area contributed by atoms with E-state index in [1.54, 1.807) is 0 Å². The number of allylic oxidation sites excluding steroid dienone is 12. The minimum atomic E-state index is -4.64. The smallest absolute Gasteiger partial charge is 0.462 e. The monoisotopic (exact) mass is 907 g/mol. The van der Waals surface area contributed by atoms with E-state index < -0.39 is 51.8 Å². The summed E-state index contributed by atoms with van der Waals surface area (Å²) in [6, 6.07) is 0. The van der Waals surface area contributed by atoms with Crippen LogP contribution in [0.15, 0.2) is 72.9 Å². The summed E-state index contributed by atoms with van der Waals surface area (Å²) in [6.07, 6.45) is 55.9. The van der Waals surface area contributed by atoms with E-state index in [0.717, 1.165) is 44.9 Å². The predicted molar refractivity (Wildman–Crippen MR) is 260 cm³/mol. The van der Waals surface area contributed by atoms with E-state index in [1.807, 2.05) is 12.2 Å². The van der Waals surface area contributed by atoms with Crippen LogP contribution in [0.25, 0.3) is 0 Å². The molecule has 0 rings (SSSR count). The van der Waals surface area contributed by atoms with Crippen molar-refractivity contribution >= 4 is 19.8 Å². The van der Waals surface area contributed by atoms with Gasteiger partial charge in [-0.2, -0.15) is 0 Å². The number of rotatable bonds is 46. The summed E-state index contributed by atoms with van der Waals surface area (Å²) in [7, 11) is -4.64. The number of aliphatic hydroxyl groups is 2. The third-order valence-electron chi connectivity index (χ3n) is 10.3. The van der Waals surface area contributed by atoms with E-state index >= 15 is 0 Å². The van der Waals surface area contributed by atoms with Gasteiger partial charge in [0.2, 0.25) is 0 Å². The van der Waals surface area contributed by atoms with Crippen molar-refractivity contribution in [2.45, 2.75) is 219 Å². The number of aliphatic hydroxyl groups excluding tert-OH is 2. The Balaban J connectivity index is 4.31. The number of hydrogen-bond acceptors (Lipinski definition) is 9. The fraction of sp³-hybridized carbons (Fsp3) is 0.731. The topological polar surface area (TPSA) is 149 Å². The van der Waals surface area contributed by atoms with Crippen LogP contribution in [0.1, 0.15) is 206 Å². The van der Waals surface area contributed by atoms with Crippen LogP contribution in [0.5, 0.6) is 0 Å². The van der Waals surface area contributed by atoms with Crippen molar-refractivity contribution in [1.82, 2.24) is 0 Å². The molecular formula is C52H91O10P. The SMILES string of the molecule is CCCCC/C=C/C/C=C/C/C=C/C/C=C/C/C=C/CCC(=O)OC[C@H](COP(=O)(O)OC[C@@H](O)CO)OC(=O)CCCCCCCCCCCCC/C=C/CCCCCCCC. The molecule has 0 saturated carbocycles. The fourth-order valence-electron chi connectivity index (χ4n) is 6.50. The van der Waals surface area contributed by atoms with Gasteiger partial charge in [-0.15, -0.1) is 0 Å². The lowest BCUT2D eigenvalue weighted by atomic mass is 10.0. The summed E-state index contributed by atoms with van der Waals surface area (Å²) < 4.78 is 32.8. The molecule has 1 unspecified atom stereocenters. The molecule has 11 heteroatoms. The zero-order valence-electron chi connectivity index (χ0n) is 39.8. The maximum atomic E-state index is 12.7. The van der Waals surface area contributed by atoms with E-state index in [0.29, 0.717) is 12.8 Å². The first-order valence-electron chi connectivity index (χ1n) is 24.9. The highest BCUT2D eigenvalue weighted by Gasteiger charge is 2.27. The number of ether oxygens (including phenoxy) is 2. The van der Waals surface area contributed by atoms with Crippen LogP contribution in [-0.2, 0) is 32.7 Å². The largest absolute Gasteiger partial charge is 0.472 e. The lowest BCUT2D eigenvalue weighted by Crippen LogP contribution is -2.29. The fourth-order valence-corrected chi connectivity index (χ4v) is 7.29. The van der Waals surface area contributed by atoms with Gasteiger partial charge in [0.1, 0.15) is 12.7 Å². The van der Waals surface area contributed by atoms with Crippen molar-refractivity contribution in [3.8, 4) is 0 Å². The van der Waals surface area contributed by atoms with Gasteiger partial charge in [0.25, 0.3) is 0 Å². The standard InChI is InChI=1S/C52H91O10P/c1-3-5-7-9-11-13-15-17-19-21-23-24-26-28-30-32-34-36-38-40-42-44-52(56)62-50(48-61-63(57,58)60-46-49(54)45-53)47-59-51(55)43-41-39-37-35-33-31-29-27-25-22-20-18-16-14-12-10-8-6-4-2/h12,14,17-20,25,27,31,33,37,39,49-50,53-54H,3-11,13,15-16,21-24,26,28-30,32,34-36,38,40-48H2,1-2H3,(H,57,58)/b14-12+,19-17+,20-18+,27-25+,33-31+,39-37+/t49-,50+/m0/s1. The van der Waals surface area contributed by atoms with Crippen molar-refractivity contribution in [2.75, 3.05) is 26.4 Å². The van der Waals surface area contributed by atoms with Crippen LogP contribution >= 0.6 is 7.82 Å². The summed E-state index contributed by atoms with van der Waals surface area (Å²) in [5.74, 6) is -1.02. The van der Waals surface area contributed by atoms with Crippen molar-refractivity contribution in [3.63, 3.8) is 0 Å². The molecule has 0 heterocycles. The van der Waals surface area contributed by atoms with Gasteiger partial charge in [-0.3, -0.25) is 18.6 Å². The molecule has 0 aliphatic heterocycles. The van der Waals surface area contributed by atoms with E-state index in [1.165, 1.54) is 122 Å². The Hall–Kier alpha value is -2.59. The zero-order chi connectivity index (χ0) is 46.2. The van der Waals surface area contributed by atoms with Gasteiger partial charge < -0.3 is 24.6 Å². The van der Waals surface area contributed by atoms with Gasteiger partial charge in [-0.25, -0.2) is 4.57 Å². The number of phosphoric ester groups is 1. The third kappa shape index (κ3) is 47.2. The van der Waals surface area contributed by atoms with Crippen LogP contribution in [0, 0.1) is 0 Å². The molecule has 0 saturated heterocycles. The van der Waals surface area contributed by atoms with Gasteiger partial charge >= 0.3 is 19.8 Å². The Morgan fingerprint density at radius 2 is 0.857 bits per heavy atom. The highest BCUT2D eigenvalue weighted by Crippen LogP contribution is 2.43. The normalized spacial score (nSPS) is 14.3. The lowest BCUT2D eigenvalue weighted by Gasteiger charge is -2.20. The first kappa shape index (κ1) is 60.4. The highest BCUT2D eigenvalue weighted by molar-refractivity contribution is 7.47. The molecule has 0 fully saturated rings. The second-order valence-corrected chi connectivity index (χ2v) is 17.9. The van der Waals surface area contributed by atoms with Crippen LogP contribution in [0.2, 0.25) is 0 Å². The molecule has 63 heavy (non-hydrogen) atoms. The molecule has 0 aromatic heterocycles. The number of esters is 2. The Morgan fingerprint density at radius 1 is 0.476 bits per heavy atom. The summed E-state index contributed by atoms with van der Waals surface area (Å²) in [6.45, 7) is 2.28. The van der Waals surface area contributed by atoms with E-state index in [4.69, 9.17) is 23.6 Å². The summed E-state index contributed by atoms with van der Waals surface area (Å²) in [4.78, 5) is 35.1.